The Morgan fingerprint density at radius 2 is 2.00 bits per heavy atom. The third-order valence-electron chi connectivity index (χ3n) is 3.98. The van der Waals surface area contributed by atoms with E-state index < -0.39 is 0 Å². The van der Waals surface area contributed by atoms with Crippen LogP contribution in [0.2, 0.25) is 0 Å². The second-order valence-corrected chi connectivity index (χ2v) is 7.10. The Balaban J connectivity index is 1.44. The summed E-state index contributed by atoms with van der Waals surface area (Å²) in [4.78, 5) is 28.4. The summed E-state index contributed by atoms with van der Waals surface area (Å²) in [7, 11) is 0. The number of hydrogen-bond acceptors (Lipinski definition) is 5. The first-order valence-corrected chi connectivity index (χ1v) is 9.60. The molecule has 2 amide bonds. The van der Waals surface area contributed by atoms with Gasteiger partial charge in [0.1, 0.15) is 0 Å². The van der Waals surface area contributed by atoms with Gasteiger partial charge in [-0.1, -0.05) is 30.3 Å². The summed E-state index contributed by atoms with van der Waals surface area (Å²) in [5.41, 5.74) is 1.89. The quantitative estimate of drug-likeness (QED) is 0.622. The summed E-state index contributed by atoms with van der Waals surface area (Å²) in [6, 6.07) is 13.5. The van der Waals surface area contributed by atoms with Crippen LogP contribution in [-0.4, -0.2) is 22.8 Å². The molecule has 2 N–H and O–H groups in total. The Labute approximate surface area is 161 Å². The third kappa shape index (κ3) is 5.79. The van der Waals surface area contributed by atoms with Crippen molar-refractivity contribution in [1.29, 1.82) is 0 Å². The zero-order valence-corrected chi connectivity index (χ0v) is 15.8. The van der Waals surface area contributed by atoms with Crippen LogP contribution in [0.4, 0.5) is 5.13 Å². The molecule has 0 saturated heterocycles. The van der Waals surface area contributed by atoms with Gasteiger partial charge in [-0.25, -0.2) is 4.98 Å². The van der Waals surface area contributed by atoms with Crippen LogP contribution in [0.25, 0.3) is 0 Å². The first-order chi connectivity index (χ1) is 13.1. The molecule has 0 radical (unpaired) electrons. The number of furan rings is 1. The van der Waals surface area contributed by atoms with Crippen LogP contribution in [-0.2, 0) is 17.6 Å². The van der Waals surface area contributed by atoms with Gasteiger partial charge in [0, 0.05) is 11.4 Å². The molecular weight excluding hydrogens is 362 g/mol. The molecule has 3 rings (SSSR count). The fourth-order valence-electron chi connectivity index (χ4n) is 2.60. The van der Waals surface area contributed by atoms with Crippen LogP contribution < -0.4 is 10.6 Å². The third-order valence-corrected chi connectivity index (χ3v) is 4.78. The fourth-order valence-corrected chi connectivity index (χ4v) is 3.31. The maximum absolute atomic E-state index is 12.2. The van der Waals surface area contributed by atoms with Crippen molar-refractivity contribution in [1.82, 2.24) is 10.3 Å². The predicted octanol–water partition coefficient (Wildman–Crippen LogP) is 3.67. The molecule has 1 aromatic carbocycles. The average Bonchev–Trinajstić information content (AvgIpc) is 3.33. The smallest absolute Gasteiger partial charge is 0.293 e. The fraction of sp³-hybridized carbons (Fsp3) is 0.250. The molecule has 27 heavy (non-hydrogen) atoms. The summed E-state index contributed by atoms with van der Waals surface area (Å²) < 4.78 is 5.04. The minimum absolute atomic E-state index is 0.0782. The maximum Gasteiger partial charge on any atom is 0.293 e. The SMILES string of the molecule is C[C@@H](CCc1ccccc1)NC(=O)Cc1csc(NC(=O)c2ccco2)n1. The van der Waals surface area contributed by atoms with Crippen LogP contribution in [0, 0.1) is 0 Å². The Kier molecular flexibility index (Phi) is 6.38. The molecule has 2 heterocycles. The van der Waals surface area contributed by atoms with Gasteiger partial charge >= 0.3 is 0 Å². The number of benzene rings is 1. The first-order valence-electron chi connectivity index (χ1n) is 8.72. The van der Waals surface area contributed by atoms with Gasteiger partial charge in [0.2, 0.25) is 5.91 Å². The van der Waals surface area contributed by atoms with E-state index in [1.54, 1.807) is 17.5 Å². The van der Waals surface area contributed by atoms with Gasteiger partial charge < -0.3 is 9.73 Å². The topological polar surface area (TPSA) is 84.2 Å². The van der Waals surface area contributed by atoms with Gasteiger partial charge in [0.15, 0.2) is 10.9 Å². The highest BCUT2D eigenvalue weighted by Gasteiger charge is 2.14. The molecular formula is C20H21N3O3S. The number of amides is 2. The first kappa shape index (κ1) is 18.8. The molecule has 0 unspecified atom stereocenters. The number of aryl methyl sites for hydroxylation is 1. The molecule has 2 aromatic heterocycles. The Hall–Kier alpha value is -2.93. The van der Waals surface area contributed by atoms with Gasteiger partial charge in [-0.05, 0) is 37.5 Å². The second-order valence-electron chi connectivity index (χ2n) is 6.25. The monoisotopic (exact) mass is 383 g/mol. The van der Waals surface area contributed by atoms with Gasteiger partial charge in [0.05, 0.1) is 18.4 Å². The van der Waals surface area contributed by atoms with Crippen molar-refractivity contribution in [2.45, 2.75) is 32.2 Å². The summed E-state index contributed by atoms with van der Waals surface area (Å²) >= 11 is 1.28. The van der Waals surface area contributed by atoms with Crippen molar-refractivity contribution in [2.75, 3.05) is 5.32 Å². The molecule has 0 spiro atoms. The zero-order chi connectivity index (χ0) is 19.1. The lowest BCUT2D eigenvalue weighted by atomic mass is 10.1. The van der Waals surface area contributed by atoms with Crippen molar-refractivity contribution < 1.29 is 14.0 Å². The Morgan fingerprint density at radius 3 is 2.74 bits per heavy atom. The van der Waals surface area contributed by atoms with E-state index in [1.807, 2.05) is 25.1 Å². The van der Waals surface area contributed by atoms with Crippen molar-refractivity contribution >= 4 is 28.3 Å². The lowest BCUT2D eigenvalue weighted by molar-refractivity contribution is -0.121. The van der Waals surface area contributed by atoms with Gasteiger partial charge in [-0.15, -0.1) is 11.3 Å². The summed E-state index contributed by atoms with van der Waals surface area (Å²) in [5, 5.41) is 7.87. The van der Waals surface area contributed by atoms with Crippen molar-refractivity contribution in [3.05, 3.63) is 71.1 Å². The van der Waals surface area contributed by atoms with E-state index in [0.717, 1.165) is 12.8 Å². The van der Waals surface area contributed by atoms with Crippen LogP contribution in [0.1, 0.15) is 35.2 Å². The van der Waals surface area contributed by atoms with E-state index in [4.69, 9.17) is 4.42 Å². The number of aromatic nitrogens is 1. The lowest BCUT2D eigenvalue weighted by Crippen LogP contribution is -2.34. The van der Waals surface area contributed by atoms with Crippen molar-refractivity contribution in [3.8, 4) is 0 Å². The molecule has 0 aliphatic heterocycles. The van der Waals surface area contributed by atoms with Gasteiger partial charge in [-0.2, -0.15) is 0 Å². The average molecular weight is 383 g/mol. The molecule has 0 bridgehead atoms. The number of nitrogens with one attached hydrogen (secondary N) is 2. The number of anilines is 1. The number of thiazole rings is 1. The van der Waals surface area contributed by atoms with Crippen molar-refractivity contribution in [2.24, 2.45) is 0 Å². The maximum atomic E-state index is 12.2. The van der Waals surface area contributed by atoms with Crippen LogP contribution in [0.5, 0.6) is 0 Å². The predicted molar refractivity (Wildman–Crippen MR) is 105 cm³/mol. The van der Waals surface area contributed by atoms with Gasteiger partial charge in [-0.3, -0.25) is 14.9 Å². The number of hydrogen-bond donors (Lipinski definition) is 2. The van der Waals surface area contributed by atoms with E-state index in [9.17, 15) is 9.59 Å². The highest BCUT2D eigenvalue weighted by Crippen LogP contribution is 2.17. The van der Waals surface area contributed by atoms with E-state index in [1.165, 1.54) is 23.2 Å². The van der Waals surface area contributed by atoms with E-state index in [2.05, 4.69) is 27.8 Å². The number of rotatable bonds is 8. The van der Waals surface area contributed by atoms with Crippen molar-refractivity contribution in [3.63, 3.8) is 0 Å². The number of nitrogens with zero attached hydrogens (tertiary/aromatic N) is 1. The Morgan fingerprint density at radius 1 is 1.19 bits per heavy atom. The van der Waals surface area contributed by atoms with Crippen LogP contribution in [0.3, 0.4) is 0 Å². The lowest BCUT2D eigenvalue weighted by Gasteiger charge is -2.13. The molecule has 0 fully saturated rings. The molecule has 0 saturated carbocycles. The van der Waals surface area contributed by atoms with Crippen LogP contribution in [0.15, 0.2) is 58.5 Å². The van der Waals surface area contributed by atoms with Crippen LogP contribution >= 0.6 is 11.3 Å². The molecule has 0 aliphatic carbocycles. The molecule has 7 heteroatoms. The number of carbonyl (C=O) groups excluding carboxylic acids is 2. The standard InChI is InChI=1S/C20H21N3O3S/c1-14(9-10-15-6-3-2-4-7-15)21-18(24)12-16-13-27-20(22-16)23-19(25)17-8-5-11-26-17/h2-8,11,13-14H,9-10,12H2,1H3,(H,21,24)(H,22,23,25)/t14-/m0/s1. The normalized spacial score (nSPS) is 11.7. The summed E-state index contributed by atoms with van der Waals surface area (Å²) in [6.45, 7) is 2.00. The molecule has 1 atom stereocenters. The summed E-state index contributed by atoms with van der Waals surface area (Å²) in [5.74, 6) is -0.221. The minimum Gasteiger partial charge on any atom is -0.459 e. The largest absolute Gasteiger partial charge is 0.459 e. The molecule has 140 valence electrons. The highest BCUT2D eigenvalue weighted by atomic mass is 32.1. The molecule has 0 aliphatic rings. The number of carbonyl (C=O) groups is 2. The Bertz CT molecular complexity index is 875. The van der Waals surface area contributed by atoms with E-state index in [0.29, 0.717) is 10.8 Å². The van der Waals surface area contributed by atoms with E-state index >= 15 is 0 Å². The van der Waals surface area contributed by atoms with E-state index in [-0.39, 0.29) is 30.0 Å². The molecule has 3 aromatic rings. The van der Waals surface area contributed by atoms with Gasteiger partial charge in [0.25, 0.3) is 5.91 Å². The molecule has 6 nitrogen and oxygen atoms in total. The highest BCUT2D eigenvalue weighted by molar-refractivity contribution is 7.14. The summed E-state index contributed by atoms with van der Waals surface area (Å²) in [6.07, 6.45) is 3.41. The zero-order valence-electron chi connectivity index (χ0n) is 15.0. The second kappa shape index (κ2) is 9.14. The minimum atomic E-state index is -0.361.